The Labute approximate surface area is 128 Å². The van der Waals surface area contributed by atoms with Gasteiger partial charge in [0.15, 0.2) is 4.90 Å². The van der Waals surface area contributed by atoms with E-state index in [1.807, 2.05) is 0 Å². The zero-order valence-electron chi connectivity index (χ0n) is 11.3. The Kier molecular flexibility index (Phi) is 3.66. The number of carboxylic acid groups (broad SMARTS) is 1. The molecular formula is C15H11N3O3S. The number of anilines is 1. The van der Waals surface area contributed by atoms with Crippen molar-refractivity contribution < 1.29 is 14.5 Å². The molecule has 1 aromatic heterocycles. The van der Waals surface area contributed by atoms with Gasteiger partial charge in [-0.3, -0.25) is 0 Å². The van der Waals surface area contributed by atoms with Crippen molar-refractivity contribution in [2.45, 2.75) is 9.92 Å². The smallest absolute Gasteiger partial charge is 0.336 e. The van der Waals surface area contributed by atoms with E-state index in [2.05, 4.69) is 9.97 Å². The van der Waals surface area contributed by atoms with Crippen molar-refractivity contribution in [1.29, 1.82) is 0 Å². The molecule has 3 N–H and O–H groups in total. The van der Waals surface area contributed by atoms with Crippen LogP contribution in [0.1, 0.15) is 10.4 Å². The van der Waals surface area contributed by atoms with Gasteiger partial charge in [0.05, 0.1) is 11.6 Å². The van der Waals surface area contributed by atoms with Gasteiger partial charge in [-0.1, -0.05) is 12.1 Å². The van der Waals surface area contributed by atoms with Gasteiger partial charge in [-0.05, 0) is 29.0 Å². The summed E-state index contributed by atoms with van der Waals surface area (Å²) < 4.78 is 12.5. The Morgan fingerprint density at radius 2 is 2.00 bits per heavy atom. The van der Waals surface area contributed by atoms with E-state index in [0.29, 0.717) is 20.7 Å². The molecule has 0 radical (unpaired) electrons. The normalized spacial score (nSPS) is 12.2. The fraction of sp³-hybridized carbons (Fsp3) is 0. The zero-order valence-corrected chi connectivity index (χ0v) is 12.1. The van der Waals surface area contributed by atoms with E-state index in [4.69, 9.17) is 5.73 Å². The van der Waals surface area contributed by atoms with Crippen LogP contribution in [0.4, 0.5) is 5.82 Å². The Bertz CT molecular complexity index is 870. The SMILES string of the molecule is Nc1cc([S+]([O-])c2ccc3c(C(=O)O)cccc3c2)ncn1. The number of carbonyl (C=O) groups is 1. The van der Waals surface area contributed by atoms with Gasteiger partial charge in [-0.2, -0.15) is 4.98 Å². The third-order valence-electron chi connectivity index (χ3n) is 3.15. The Hall–Kier alpha value is -2.64. The fourth-order valence-corrected chi connectivity index (χ4v) is 3.18. The average molecular weight is 313 g/mol. The molecule has 0 amide bonds. The van der Waals surface area contributed by atoms with Gasteiger partial charge >= 0.3 is 5.97 Å². The molecule has 1 heterocycles. The first kappa shape index (κ1) is 14.3. The predicted molar refractivity (Wildman–Crippen MR) is 82.0 cm³/mol. The number of nitrogens with two attached hydrogens (primary N) is 1. The number of rotatable bonds is 3. The van der Waals surface area contributed by atoms with Crippen LogP contribution in [0.15, 0.2) is 58.7 Å². The van der Waals surface area contributed by atoms with Crippen LogP contribution >= 0.6 is 0 Å². The molecule has 22 heavy (non-hydrogen) atoms. The summed E-state index contributed by atoms with van der Waals surface area (Å²) in [5.41, 5.74) is 5.78. The van der Waals surface area contributed by atoms with Gasteiger partial charge in [-0.15, -0.1) is 0 Å². The van der Waals surface area contributed by atoms with Crippen LogP contribution < -0.4 is 5.73 Å². The highest BCUT2D eigenvalue weighted by Gasteiger charge is 2.18. The van der Waals surface area contributed by atoms with Gasteiger partial charge in [0.1, 0.15) is 12.1 Å². The van der Waals surface area contributed by atoms with Crippen LogP contribution in [0.3, 0.4) is 0 Å². The van der Waals surface area contributed by atoms with E-state index in [-0.39, 0.29) is 11.4 Å². The molecule has 0 bridgehead atoms. The lowest BCUT2D eigenvalue weighted by molar-refractivity contribution is 0.0699. The third-order valence-corrected chi connectivity index (χ3v) is 4.43. The number of aromatic carboxylic acids is 1. The highest BCUT2D eigenvalue weighted by Crippen LogP contribution is 2.26. The van der Waals surface area contributed by atoms with Gasteiger partial charge < -0.3 is 15.4 Å². The number of aromatic nitrogens is 2. The van der Waals surface area contributed by atoms with Crippen molar-refractivity contribution >= 4 is 33.7 Å². The van der Waals surface area contributed by atoms with Crippen LogP contribution in [-0.2, 0) is 11.2 Å². The minimum atomic E-state index is -1.51. The second-order valence-corrected chi connectivity index (χ2v) is 5.97. The monoisotopic (exact) mass is 313 g/mol. The molecule has 1 atom stereocenters. The lowest BCUT2D eigenvalue weighted by Crippen LogP contribution is -2.06. The fourth-order valence-electron chi connectivity index (χ4n) is 2.14. The molecular weight excluding hydrogens is 302 g/mol. The quantitative estimate of drug-likeness (QED) is 0.565. The molecule has 3 rings (SSSR count). The van der Waals surface area contributed by atoms with Gasteiger partial charge in [0.2, 0.25) is 0 Å². The Morgan fingerprint density at radius 1 is 1.18 bits per heavy atom. The van der Waals surface area contributed by atoms with Crippen LogP contribution in [0.2, 0.25) is 0 Å². The van der Waals surface area contributed by atoms with E-state index >= 15 is 0 Å². The number of fused-ring (bicyclic) bond motifs is 1. The van der Waals surface area contributed by atoms with E-state index in [9.17, 15) is 14.5 Å². The molecule has 110 valence electrons. The highest BCUT2D eigenvalue weighted by atomic mass is 32.2. The topological polar surface area (TPSA) is 112 Å². The van der Waals surface area contributed by atoms with Crippen molar-refractivity contribution in [3.8, 4) is 0 Å². The molecule has 6 nitrogen and oxygen atoms in total. The highest BCUT2D eigenvalue weighted by molar-refractivity contribution is 7.91. The molecule has 0 spiro atoms. The first-order chi connectivity index (χ1) is 10.6. The molecule has 1 unspecified atom stereocenters. The molecule has 7 heteroatoms. The molecule has 0 fully saturated rings. The number of nitrogen functional groups attached to an aromatic ring is 1. The van der Waals surface area contributed by atoms with E-state index < -0.39 is 17.1 Å². The van der Waals surface area contributed by atoms with E-state index in [1.54, 1.807) is 30.3 Å². The van der Waals surface area contributed by atoms with Crippen molar-refractivity contribution in [2.24, 2.45) is 0 Å². The largest absolute Gasteiger partial charge is 0.605 e. The molecule has 3 aromatic rings. The molecule has 2 aromatic carbocycles. The Balaban J connectivity index is 2.07. The van der Waals surface area contributed by atoms with Crippen LogP contribution in [0.5, 0.6) is 0 Å². The Morgan fingerprint density at radius 3 is 2.73 bits per heavy atom. The summed E-state index contributed by atoms with van der Waals surface area (Å²) in [6.45, 7) is 0. The summed E-state index contributed by atoms with van der Waals surface area (Å²) in [7, 11) is 0. The maximum Gasteiger partial charge on any atom is 0.336 e. The van der Waals surface area contributed by atoms with Crippen molar-refractivity contribution in [1.82, 2.24) is 9.97 Å². The standard InChI is InChI=1S/C15H11N3O3S/c16-13-7-14(18-8-17-13)22(21)10-4-5-11-9(6-10)2-1-3-12(11)15(19)20/h1-8H,(H,19,20)(H2,16,17,18). The molecule has 0 saturated carbocycles. The number of nitrogens with zero attached hydrogens (tertiary/aromatic N) is 2. The summed E-state index contributed by atoms with van der Waals surface area (Å²) >= 11 is -1.51. The first-order valence-corrected chi connectivity index (χ1v) is 7.46. The molecule has 0 saturated heterocycles. The average Bonchev–Trinajstić information content (AvgIpc) is 2.53. The van der Waals surface area contributed by atoms with Crippen LogP contribution in [0.25, 0.3) is 10.8 Å². The summed E-state index contributed by atoms with van der Waals surface area (Å²) in [4.78, 5) is 19.4. The molecule has 0 aliphatic heterocycles. The van der Waals surface area contributed by atoms with Crippen LogP contribution in [-0.4, -0.2) is 25.6 Å². The van der Waals surface area contributed by atoms with Crippen molar-refractivity contribution in [3.63, 3.8) is 0 Å². The van der Waals surface area contributed by atoms with Crippen LogP contribution in [0, 0.1) is 0 Å². The molecule has 0 aliphatic rings. The van der Waals surface area contributed by atoms with E-state index in [0.717, 1.165) is 0 Å². The second-order valence-electron chi connectivity index (χ2n) is 4.54. The lowest BCUT2D eigenvalue weighted by atomic mass is 10.1. The van der Waals surface area contributed by atoms with Crippen molar-refractivity contribution in [3.05, 3.63) is 54.4 Å². The first-order valence-electron chi connectivity index (χ1n) is 6.31. The van der Waals surface area contributed by atoms with Gasteiger partial charge in [0, 0.05) is 17.2 Å². The summed E-state index contributed by atoms with van der Waals surface area (Å²) in [5, 5.41) is 10.8. The predicted octanol–water partition coefficient (Wildman–Crippen LogP) is 2.08. The number of hydrogen-bond acceptors (Lipinski definition) is 5. The number of benzene rings is 2. The summed E-state index contributed by atoms with van der Waals surface area (Å²) in [6, 6.07) is 11.4. The minimum absolute atomic E-state index is 0.209. The lowest BCUT2D eigenvalue weighted by Gasteiger charge is -2.10. The third kappa shape index (κ3) is 2.59. The zero-order chi connectivity index (χ0) is 15.7. The maximum atomic E-state index is 12.5. The second kappa shape index (κ2) is 5.63. The van der Waals surface area contributed by atoms with E-state index in [1.165, 1.54) is 18.5 Å². The van der Waals surface area contributed by atoms with Crippen molar-refractivity contribution in [2.75, 3.05) is 5.73 Å². The number of hydrogen-bond donors (Lipinski definition) is 2. The molecule has 0 aliphatic carbocycles. The van der Waals surface area contributed by atoms with Gasteiger partial charge in [0.25, 0.3) is 5.03 Å². The number of carboxylic acids is 1. The maximum absolute atomic E-state index is 12.5. The van der Waals surface area contributed by atoms with Gasteiger partial charge in [-0.25, -0.2) is 9.78 Å². The summed E-state index contributed by atoms with van der Waals surface area (Å²) in [6.07, 6.45) is 1.26. The summed E-state index contributed by atoms with van der Waals surface area (Å²) in [5.74, 6) is -0.754. The minimum Gasteiger partial charge on any atom is -0.605 e.